The first kappa shape index (κ1) is 19.0. The van der Waals surface area contributed by atoms with Crippen molar-refractivity contribution in [1.29, 1.82) is 0 Å². The Kier molecular flexibility index (Phi) is 4.94. The number of rotatable bonds is 4. The average Bonchev–Trinajstić information content (AvgIpc) is 2.97. The number of thiazole rings is 1. The van der Waals surface area contributed by atoms with Crippen LogP contribution in [0.4, 0.5) is 5.13 Å². The zero-order valence-electron chi connectivity index (χ0n) is 15.3. The van der Waals surface area contributed by atoms with E-state index in [1.54, 1.807) is 10.3 Å². The van der Waals surface area contributed by atoms with Crippen LogP contribution in [-0.2, 0) is 15.3 Å². The molecule has 1 aliphatic heterocycles. The number of aromatic nitrogens is 1. The molecule has 0 spiro atoms. The molecule has 140 valence electrons. The van der Waals surface area contributed by atoms with Crippen LogP contribution >= 0.6 is 11.3 Å². The van der Waals surface area contributed by atoms with E-state index < -0.39 is 15.3 Å². The standard InChI is InChI=1S/C18H23N3O3S2/c1-12(2)13-5-7-14(8-6-13)18(23)10-21(11-18)16(22)15-9-25-17(19-15)20-26(3,4)24/h5-9,12,23H,10-11H2,1-4H3. The highest BCUT2D eigenvalue weighted by atomic mass is 32.2. The smallest absolute Gasteiger partial charge is 0.273 e. The van der Waals surface area contributed by atoms with Gasteiger partial charge in [-0.25, -0.2) is 9.19 Å². The lowest BCUT2D eigenvalue weighted by molar-refractivity contribution is -0.0865. The second-order valence-corrected chi connectivity index (χ2v) is 10.6. The molecule has 0 aliphatic carbocycles. The summed E-state index contributed by atoms with van der Waals surface area (Å²) < 4.78 is 15.7. The SMILES string of the molecule is CC(C)c1ccc(C2(O)CN(C(=O)c3csc(N=S(C)(C)=O)n3)C2)cc1. The van der Waals surface area contributed by atoms with Gasteiger partial charge < -0.3 is 10.0 Å². The number of aliphatic hydroxyl groups is 1. The lowest BCUT2D eigenvalue weighted by Crippen LogP contribution is -2.61. The maximum absolute atomic E-state index is 12.5. The Morgan fingerprint density at radius 3 is 2.46 bits per heavy atom. The van der Waals surface area contributed by atoms with Crippen molar-refractivity contribution in [1.82, 2.24) is 9.88 Å². The highest BCUT2D eigenvalue weighted by molar-refractivity contribution is 7.92. The second-order valence-electron chi connectivity index (χ2n) is 7.26. The van der Waals surface area contributed by atoms with Gasteiger partial charge in [0, 0.05) is 27.6 Å². The summed E-state index contributed by atoms with van der Waals surface area (Å²) in [4.78, 5) is 18.2. The van der Waals surface area contributed by atoms with Gasteiger partial charge in [0.1, 0.15) is 11.3 Å². The van der Waals surface area contributed by atoms with Crippen molar-refractivity contribution in [2.75, 3.05) is 25.6 Å². The lowest BCUT2D eigenvalue weighted by atomic mass is 9.85. The number of hydrogen-bond acceptors (Lipinski definition) is 6. The molecule has 0 unspecified atom stereocenters. The Balaban J connectivity index is 1.69. The maximum Gasteiger partial charge on any atom is 0.273 e. The predicted octanol–water partition coefficient (Wildman–Crippen LogP) is 2.97. The molecule has 2 heterocycles. The summed E-state index contributed by atoms with van der Waals surface area (Å²) in [6, 6.07) is 7.89. The van der Waals surface area contributed by atoms with Crippen LogP contribution in [0.25, 0.3) is 0 Å². The van der Waals surface area contributed by atoms with Gasteiger partial charge in [-0.1, -0.05) is 38.1 Å². The third kappa shape index (κ3) is 3.97. The molecule has 0 atom stereocenters. The normalized spacial score (nSPS) is 16.5. The topological polar surface area (TPSA) is 82.9 Å². The molecule has 1 N–H and O–H groups in total. The van der Waals surface area contributed by atoms with E-state index in [9.17, 15) is 14.1 Å². The number of nitrogens with zero attached hydrogens (tertiary/aromatic N) is 3. The number of amides is 1. The van der Waals surface area contributed by atoms with Gasteiger partial charge in [-0.3, -0.25) is 4.79 Å². The Morgan fingerprint density at radius 1 is 1.31 bits per heavy atom. The average molecular weight is 394 g/mol. The highest BCUT2D eigenvalue weighted by Gasteiger charge is 2.45. The van der Waals surface area contributed by atoms with Crippen LogP contribution in [0, 0.1) is 0 Å². The predicted molar refractivity (Wildman–Crippen MR) is 105 cm³/mol. The second kappa shape index (κ2) is 6.75. The largest absolute Gasteiger partial charge is 0.381 e. The van der Waals surface area contributed by atoms with E-state index in [0.717, 1.165) is 5.56 Å². The van der Waals surface area contributed by atoms with E-state index in [-0.39, 0.29) is 24.7 Å². The minimum atomic E-state index is -2.31. The van der Waals surface area contributed by atoms with Crippen LogP contribution in [0.15, 0.2) is 34.0 Å². The number of carbonyl (C=O) groups excluding carboxylic acids is 1. The number of β-amino-alcohol motifs (C(OH)–C–C–N with tert-alkyl or cyclic N) is 1. The van der Waals surface area contributed by atoms with Gasteiger partial charge in [-0.05, 0) is 17.0 Å². The van der Waals surface area contributed by atoms with E-state index in [2.05, 4.69) is 23.2 Å². The van der Waals surface area contributed by atoms with Gasteiger partial charge in [0.25, 0.3) is 5.91 Å². The molecule has 1 aromatic carbocycles. The molecule has 1 aliphatic rings. The number of carbonyl (C=O) groups is 1. The molecule has 0 bridgehead atoms. The molecule has 1 aromatic heterocycles. The summed E-state index contributed by atoms with van der Waals surface area (Å²) in [7, 11) is -2.31. The molecule has 3 rings (SSSR count). The summed E-state index contributed by atoms with van der Waals surface area (Å²) in [6.07, 6.45) is 3.05. The van der Waals surface area contributed by atoms with Crippen molar-refractivity contribution >= 4 is 32.1 Å². The fourth-order valence-corrected chi connectivity index (χ4v) is 4.49. The Hall–Kier alpha value is -1.77. The molecule has 0 saturated carbocycles. The van der Waals surface area contributed by atoms with Crippen LogP contribution < -0.4 is 0 Å². The number of hydrogen-bond donors (Lipinski definition) is 1. The van der Waals surface area contributed by atoms with Crippen LogP contribution in [0.1, 0.15) is 41.4 Å². The zero-order chi connectivity index (χ0) is 19.1. The summed E-state index contributed by atoms with van der Waals surface area (Å²) >= 11 is 1.19. The first-order valence-corrected chi connectivity index (χ1v) is 11.5. The molecule has 26 heavy (non-hydrogen) atoms. The molecular weight excluding hydrogens is 370 g/mol. The van der Waals surface area contributed by atoms with Crippen molar-refractivity contribution < 1.29 is 14.1 Å². The third-order valence-corrected chi connectivity index (χ3v) is 5.78. The van der Waals surface area contributed by atoms with Crippen LogP contribution in [0.3, 0.4) is 0 Å². The van der Waals surface area contributed by atoms with Crippen LogP contribution in [0.5, 0.6) is 0 Å². The van der Waals surface area contributed by atoms with Crippen molar-refractivity contribution in [3.05, 3.63) is 46.5 Å². The molecule has 2 aromatic rings. The van der Waals surface area contributed by atoms with Crippen LogP contribution in [0.2, 0.25) is 0 Å². The van der Waals surface area contributed by atoms with Crippen molar-refractivity contribution in [2.24, 2.45) is 4.36 Å². The summed E-state index contributed by atoms with van der Waals surface area (Å²) in [5.41, 5.74) is 1.29. The Labute approximate surface area is 158 Å². The van der Waals surface area contributed by atoms with Gasteiger partial charge in [0.15, 0.2) is 0 Å². The highest BCUT2D eigenvalue weighted by Crippen LogP contribution is 2.34. The Morgan fingerprint density at radius 2 is 1.92 bits per heavy atom. The summed E-state index contributed by atoms with van der Waals surface area (Å²) in [5.74, 6) is 0.188. The van der Waals surface area contributed by atoms with E-state index in [4.69, 9.17) is 0 Å². The zero-order valence-corrected chi connectivity index (χ0v) is 16.9. The Bertz CT molecular complexity index is 927. The minimum absolute atomic E-state index is 0.231. The van der Waals surface area contributed by atoms with Crippen molar-refractivity contribution in [2.45, 2.75) is 25.4 Å². The molecule has 8 heteroatoms. The van der Waals surface area contributed by atoms with Gasteiger partial charge >= 0.3 is 0 Å². The molecule has 6 nitrogen and oxygen atoms in total. The van der Waals surface area contributed by atoms with Gasteiger partial charge in [-0.2, -0.15) is 4.36 Å². The summed E-state index contributed by atoms with van der Waals surface area (Å²) in [5, 5.41) is 12.7. The molecule has 0 radical (unpaired) electrons. The first-order chi connectivity index (χ1) is 12.1. The fourth-order valence-electron chi connectivity index (χ4n) is 2.84. The number of likely N-dealkylation sites (tertiary alicyclic amines) is 1. The molecule has 1 saturated heterocycles. The van der Waals surface area contributed by atoms with E-state index in [1.165, 1.54) is 29.4 Å². The van der Waals surface area contributed by atoms with Gasteiger partial charge in [-0.15, -0.1) is 11.3 Å². The fraction of sp³-hybridized carbons (Fsp3) is 0.444. The van der Waals surface area contributed by atoms with E-state index in [0.29, 0.717) is 11.0 Å². The quantitative estimate of drug-likeness (QED) is 0.866. The van der Waals surface area contributed by atoms with E-state index >= 15 is 0 Å². The molecular formula is C18H23N3O3S2. The van der Waals surface area contributed by atoms with Crippen molar-refractivity contribution in [3.8, 4) is 0 Å². The van der Waals surface area contributed by atoms with Gasteiger partial charge in [0.05, 0.1) is 13.1 Å². The molecule has 1 fully saturated rings. The minimum Gasteiger partial charge on any atom is -0.381 e. The monoisotopic (exact) mass is 393 g/mol. The van der Waals surface area contributed by atoms with Gasteiger partial charge in [0.2, 0.25) is 5.13 Å². The number of benzene rings is 1. The maximum atomic E-state index is 12.5. The molecule has 1 amide bonds. The van der Waals surface area contributed by atoms with E-state index in [1.807, 2.05) is 24.3 Å². The first-order valence-electron chi connectivity index (χ1n) is 8.32. The van der Waals surface area contributed by atoms with Crippen LogP contribution in [-0.4, -0.2) is 50.7 Å². The third-order valence-electron chi connectivity index (χ3n) is 4.32. The lowest BCUT2D eigenvalue weighted by Gasteiger charge is -2.46. The summed E-state index contributed by atoms with van der Waals surface area (Å²) in [6.45, 7) is 4.71. The van der Waals surface area contributed by atoms with Crippen molar-refractivity contribution in [3.63, 3.8) is 0 Å².